The molecule has 2 aromatic rings. The van der Waals surface area contributed by atoms with E-state index in [1.54, 1.807) is 0 Å². The van der Waals surface area contributed by atoms with Gasteiger partial charge in [-0.2, -0.15) is 0 Å². The van der Waals surface area contributed by atoms with Crippen molar-refractivity contribution in [1.82, 2.24) is 14.9 Å². The molecule has 0 saturated heterocycles. The fraction of sp³-hybridized carbons (Fsp3) is 0.385. The number of nitrogens with one attached hydrogen (secondary N) is 1. The Morgan fingerprint density at radius 2 is 2.22 bits per heavy atom. The van der Waals surface area contributed by atoms with Crippen LogP contribution in [-0.4, -0.2) is 23.1 Å². The summed E-state index contributed by atoms with van der Waals surface area (Å²) in [7, 11) is 1.88. The van der Waals surface area contributed by atoms with E-state index in [-0.39, 0.29) is 10.8 Å². The molecular formula is C13H16ClN3O. The summed E-state index contributed by atoms with van der Waals surface area (Å²) in [6.07, 6.45) is 0.842. The second-order valence-corrected chi connectivity index (χ2v) is 4.60. The highest BCUT2D eigenvalue weighted by atomic mass is 35.5. The van der Waals surface area contributed by atoms with E-state index < -0.39 is 0 Å². The molecule has 1 aromatic heterocycles. The average Bonchev–Trinajstić information content (AvgIpc) is 2.33. The van der Waals surface area contributed by atoms with Gasteiger partial charge >= 0.3 is 0 Å². The maximum absolute atomic E-state index is 12.4. The molecule has 96 valence electrons. The lowest BCUT2D eigenvalue weighted by molar-refractivity contribution is 0.594. The lowest BCUT2D eigenvalue weighted by atomic mass is 10.1. The number of aryl methyl sites for hydroxylation is 1. The van der Waals surface area contributed by atoms with Crippen LogP contribution in [0.2, 0.25) is 5.28 Å². The molecule has 0 aliphatic carbocycles. The largest absolute Gasteiger partial charge is 0.320 e. The molecule has 0 fully saturated rings. The lowest BCUT2D eigenvalue weighted by Gasteiger charge is -2.10. The summed E-state index contributed by atoms with van der Waals surface area (Å²) in [6, 6.07) is 5.61. The Labute approximate surface area is 111 Å². The summed E-state index contributed by atoms with van der Waals surface area (Å²) in [6.45, 7) is 3.33. The molecule has 18 heavy (non-hydrogen) atoms. The Morgan fingerprint density at radius 3 is 2.94 bits per heavy atom. The van der Waals surface area contributed by atoms with Gasteiger partial charge in [-0.05, 0) is 50.2 Å². The third-order valence-corrected chi connectivity index (χ3v) is 3.24. The van der Waals surface area contributed by atoms with Crippen LogP contribution in [-0.2, 0) is 6.54 Å². The van der Waals surface area contributed by atoms with Crippen LogP contribution in [0.25, 0.3) is 10.9 Å². The molecule has 0 aliphatic heterocycles. The average molecular weight is 266 g/mol. The van der Waals surface area contributed by atoms with Crippen molar-refractivity contribution in [2.45, 2.75) is 19.9 Å². The lowest BCUT2D eigenvalue weighted by Crippen LogP contribution is -2.24. The minimum atomic E-state index is -0.0563. The van der Waals surface area contributed by atoms with Gasteiger partial charge < -0.3 is 5.32 Å². The highest BCUT2D eigenvalue weighted by molar-refractivity contribution is 6.28. The zero-order chi connectivity index (χ0) is 13.1. The molecule has 0 bridgehead atoms. The molecular weight excluding hydrogens is 250 g/mol. The zero-order valence-electron chi connectivity index (χ0n) is 10.5. The summed E-state index contributed by atoms with van der Waals surface area (Å²) in [5.41, 5.74) is 1.54. The number of hydrogen-bond acceptors (Lipinski definition) is 3. The summed E-state index contributed by atoms with van der Waals surface area (Å²) in [5, 5.41) is 3.96. The summed E-state index contributed by atoms with van der Waals surface area (Å²) in [5.74, 6) is 0. The molecule has 1 aromatic carbocycles. The van der Waals surface area contributed by atoms with Crippen LogP contribution in [0.1, 0.15) is 12.0 Å². The van der Waals surface area contributed by atoms with Crippen LogP contribution in [0.15, 0.2) is 23.0 Å². The topological polar surface area (TPSA) is 46.9 Å². The molecule has 0 saturated carbocycles. The first-order valence-electron chi connectivity index (χ1n) is 5.95. The smallest absolute Gasteiger partial charge is 0.262 e. The van der Waals surface area contributed by atoms with Crippen molar-refractivity contribution in [3.05, 3.63) is 39.4 Å². The summed E-state index contributed by atoms with van der Waals surface area (Å²) < 4.78 is 1.54. The molecule has 0 spiro atoms. The third-order valence-electron chi connectivity index (χ3n) is 2.95. The number of benzene rings is 1. The first-order chi connectivity index (χ1) is 8.65. The monoisotopic (exact) mass is 265 g/mol. The van der Waals surface area contributed by atoms with Crippen LogP contribution in [0.3, 0.4) is 0 Å². The van der Waals surface area contributed by atoms with Gasteiger partial charge in [-0.3, -0.25) is 9.36 Å². The predicted molar refractivity (Wildman–Crippen MR) is 74.3 cm³/mol. The quantitative estimate of drug-likeness (QED) is 0.679. The standard InChI is InChI=1S/C13H16ClN3O/c1-9-5-3-6-10-11(9)12(18)17(13(14)16-10)8-4-7-15-2/h3,5-6,15H,4,7-8H2,1-2H3. The Hall–Kier alpha value is -1.39. The number of rotatable bonds is 4. The fourth-order valence-corrected chi connectivity index (χ4v) is 2.26. The van der Waals surface area contributed by atoms with E-state index >= 15 is 0 Å². The molecule has 5 heteroatoms. The van der Waals surface area contributed by atoms with Crippen LogP contribution < -0.4 is 10.9 Å². The van der Waals surface area contributed by atoms with Crippen LogP contribution >= 0.6 is 11.6 Å². The molecule has 0 unspecified atom stereocenters. The van der Waals surface area contributed by atoms with Gasteiger partial charge in [0.25, 0.3) is 5.56 Å². The van der Waals surface area contributed by atoms with E-state index in [1.165, 1.54) is 4.57 Å². The maximum atomic E-state index is 12.4. The van der Waals surface area contributed by atoms with Gasteiger partial charge in [-0.1, -0.05) is 12.1 Å². The van der Waals surface area contributed by atoms with Crippen molar-refractivity contribution in [2.24, 2.45) is 0 Å². The molecule has 0 aliphatic rings. The number of halogens is 1. The normalized spacial score (nSPS) is 11.1. The zero-order valence-corrected chi connectivity index (χ0v) is 11.3. The van der Waals surface area contributed by atoms with E-state index in [0.29, 0.717) is 17.4 Å². The van der Waals surface area contributed by atoms with Crippen molar-refractivity contribution < 1.29 is 0 Å². The van der Waals surface area contributed by atoms with Crippen molar-refractivity contribution in [2.75, 3.05) is 13.6 Å². The van der Waals surface area contributed by atoms with Crippen LogP contribution in [0, 0.1) is 6.92 Å². The van der Waals surface area contributed by atoms with Crippen molar-refractivity contribution in [1.29, 1.82) is 0 Å². The second-order valence-electron chi connectivity index (χ2n) is 4.26. The maximum Gasteiger partial charge on any atom is 0.262 e. The predicted octanol–water partition coefficient (Wildman–Crippen LogP) is 1.97. The minimum Gasteiger partial charge on any atom is -0.320 e. The van der Waals surface area contributed by atoms with Gasteiger partial charge in [0, 0.05) is 6.54 Å². The molecule has 4 nitrogen and oxygen atoms in total. The Morgan fingerprint density at radius 1 is 1.44 bits per heavy atom. The molecule has 1 heterocycles. The highest BCUT2D eigenvalue weighted by Gasteiger charge is 2.10. The van der Waals surface area contributed by atoms with Crippen LogP contribution in [0.5, 0.6) is 0 Å². The van der Waals surface area contributed by atoms with Crippen molar-refractivity contribution in [3.63, 3.8) is 0 Å². The van der Waals surface area contributed by atoms with E-state index in [9.17, 15) is 4.79 Å². The van der Waals surface area contributed by atoms with Crippen LogP contribution in [0.4, 0.5) is 0 Å². The SMILES string of the molecule is CNCCCn1c(Cl)nc2cccc(C)c2c1=O. The minimum absolute atomic E-state index is 0.0563. The van der Waals surface area contributed by atoms with Gasteiger partial charge in [0.2, 0.25) is 5.28 Å². The fourth-order valence-electron chi connectivity index (χ4n) is 2.01. The van der Waals surface area contributed by atoms with Gasteiger partial charge in [0.1, 0.15) is 0 Å². The van der Waals surface area contributed by atoms with E-state index in [1.807, 2.05) is 32.2 Å². The third kappa shape index (κ3) is 2.40. The Kier molecular flexibility index (Phi) is 3.99. The molecule has 0 radical (unpaired) electrons. The summed E-state index contributed by atoms with van der Waals surface area (Å²) >= 11 is 6.07. The van der Waals surface area contributed by atoms with Crippen molar-refractivity contribution in [3.8, 4) is 0 Å². The number of aromatic nitrogens is 2. The number of nitrogens with zero attached hydrogens (tertiary/aromatic N) is 2. The molecule has 0 amide bonds. The highest BCUT2D eigenvalue weighted by Crippen LogP contribution is 2.15. The second kappa shape index (κ2) is 5.50. The van der Waals surface area contributed by atoms with E-state index in [0.717, 1.165) is 18.5 Å². The Bertz CT molecular complexity index is 621. The van der Waals surface area contributed by atoms with Gasteiger partial charge in [-0.15, -0.1) is 0 Å². The summed E-state index contributed by atoms with van der Waals surface area (Å²) in [4.78, 5) is 16.7. The first kappa shape index (κ1) is 13.1. The van der Waals surface area contributed by atoms with Gasteiger partial charge in [0.15, 0.2) is 0 Å². The van der Waals surface area contributed by atoms with E-state index in [2.05, 4.69) is 10.3 Å². The first-order valence-corrected chi connectivity index (χ1v) is 6.33. The molecule has 2 rings (SSSR count). The molecule has 0 atom stereocenters. The van der Waals surface area contributed by atoms with Gasteiger partial charge in [-0.25, -0.2) is 4.98 Å². The van der Waals surface area contributed by atoms with Gasteiger partial charge in [0.05, 0.1) is 10.9 Å². The van der Waals surface area contributed by atoms with Crippen molar-refractivity contribution >= 4 is 22.5 Å². The van der Waals surface area contributed by atoms with E-state index in [4.69, 9.17) is 11.6 Å². The number of fused-ring (bicyclic) bond motifs is 1. The number of hydrogen-bond donors (Lipinski definition) is 1. The molecule has 1 N–H and O–H groups in total. The Balaban J connectivity index is 2.54.